The van der Waals surface area contributed by atoms with Crippen LogP contribution in [0.5, 0.6) is 0 Å². The summed E-state index contributed by atoms with van der Waals surface area (Å²) in [6, 6.07) is 4.22. The summed E-state index contributed by atoms with van der Waals surface area (Å²) < 4.78 is 2.07. The van der Waals surface area contributed by atoms with Gasteiger partial charge in [-0.1, -0.05) is 6.08 Å². The van der Waals surface area contributed by atoms with Crippen molar-refractivity contribution in [2.45, 2.75) is 38.0 Å². The minimum absolute atomic E-state index is 0.610. The number of aromatic nitrogens is 4. The van der Waals surface area contributed by atoms with Crippen LogP contribution >= 0.6 is 0 Å². The van der Waals surface area contributed by atoms with Crippen LogP contribution in [-0.4, -0.2) is 19.4 Å². The fraction of sp³-hybridized carbons (Fsp3) is 0.316. The third kappa shape index (κ3) is 2.25. The second-order valence-electron chi connectivity index (χ2n) is 6.48. The van der Waals surface area contributed by atoms with Crippen LogP contribution in [0, 0.1) is 0 Å². The Bertz CT molecular complexity index is 918. The first-order chi connectivity index (χ1) is 11.4. The SMILES string of the molecule is C1=C(c2ccc3nccn3c2)c2cnc(C3CC3)nc2CCC1. The predicted octanol–water partition coefficient (Wildman–Crippen LogP) is 3.77. The molecule has 0 bridgehead atoms. The van der Waals surface area contributed by atoms with Crippen LogP contribution in [0.15, 0.2) is 43.0 Å². The Morgan fingerprint density at radius 1 is 1.13 bits per heavy atom. The molecule has 3 heterocycles. The fourth-order valence-electron chi connectivity index (χ4n) is 3.36. The second kappa shape index (κ2) is 5.01. The van der Waals surface area contributed by atoms with E-state index in [1.807, 2.05) is 18.6 Å². The number of allylic oxidation sites excluding steroid dienone is 1. The fourth-order valence-corrected chi connectivity index (χ4v) is 3.36. The minimum atomic E-state index is 0.610. The lowest BCUT2D eigenvalue weighted by atomic mass is 9.99. The van der Waals surface area contributed by atoms with Crippen molar-refractivity contribution in [3.05, 3.63) is 65.6 Å². The highest BCUT2D eigenvalue weighted by atomic mass is 15.0. The normalized spacial score (nSPS) is 17.7. The average molecular weight is 302 g/mol. The van der Waals surface area contributed by atoms with Crippen molar-refractivity contribution in [1.29, 1.82) is 0 Å². The predicted molar refractivity (Wildman–Crippen MR) is 89.2 cm³/mol. The maximum Gasteiger partial charge on any atom is 0.136 e. The van der Waals surface area contributed by atoms with E-state index in [1.54, 1.807) is 0 Å². The zero-order chi connectivity index (χ0) is 15.2. The highest BCUT2D eigenvalue weighted by Gasteiger charge is 2.27. The summed E-state index contributed by atoms with van der Waals surface area (Å²) in [5, 5.41) is 0. The van der Waals surface area contributed by atoms with E-state index in [9.17, 15) is 0 Å². The third-order valence-electron chi connectivity index (χ3n) is 4.78. The number of rotatable bonds is 2. The van der Waals surface area contributed by atoms with E-state index in [1.165, 1.54) is 35.2 Å². The first-order valence-corrected chi connectivity index (χ1v) is 8.38. The van der Waals surface area contributed by atoms with Gasteiger partial charge < -0.3 is 4.40 Å². The van der Waals surface area contributed by atoms with Crippen molar-refractivity contribution in [2.24, 2.45) is 0 Å². The smallest absolute Gasteiger partial charge is 0.136 e. The maximum absolute atomic E-state index is 4.89. The average Bonchev–Trinajstić information content (AvgIpc) is 3.35. The number of nitrogens with zero attached hydrogens (tertiary/aromatic N) is 4. The Morgan fingerprint density at radius 2 is 2.09 bits per heavy atom. The molecule has 2 aliphatic rings. The molecule has 4 nitrogen and oxygen atoms in total. The second-order valence-corrected chi connectivity index (χ2v) is 6.48. The van der Waals surface area contributed by atoms with Crippen LogP contribution in [0.2, 0.25) is 0 Å². The van der Waals surface area contributed by atoms with E-state index in [2.05, 4.69) is 38.8 Å². The molecular weight excluding hydrogens is 284 g/mol. The molecule has 0 saturated heterocycles. The molecule has 0 aliphatic heterocycles. The highest BCUT2D eigenvalue weighted by molar-refractivity contribution is 5.81. The van der Waals surface area contributed by atoms with Gasteiger partial charge in [0.15, 0.2) is 0 Å². The number of imidazole rings is 1. The summed E-state index contributed by atoms with van der Waals surface area (Å²) in [7, 11) is 0. The molecule has 2 aliphatic carbocycles. The summed E-state index contributed by atoms with van der Waals surface area (Å²) in [6.07, 6.45) is 16.1. The zero-order valence-corrected chi connectivity index (χ0v) is 12.9. The molecule has 3 aromatic rings. The van der Waals surface area contributed by atoms with Gasteiger partial charge in [-0.05, 0) is 55.4 Å². The van der Waals surface area contributed by atoms with Crippen LogP contribution < -0.4 is 0 Å². The number of aryl methyl sites for hydroxylation is 1. The first-order valence-electron chi connectivity index (χ1n) is 8.38. The van der Waals surface area contributed by atoms with Gasteiger partial charge in [-0.25, -0.2) is 15.0 Å². The first kappa shape index (κ1) is 13.0. The monoisotopic (exact) mass is 302 g/mol. The van der Waals surface area contributed by atoms with E-state index in [-0.39, 0.29) is 0 Å². The number of fused-ring (bicyclic) bond motifs is 2. The summed E-state index contributed by atoms with van der Waals surface area (Å²) in [5.74, 6) is 1.66. The molecule has 3 aromatic heterocycles. The van der Waals surface area contributed by atoms with Crippen molar-refractivity contribution < 1.29 is 0 Å². The molecule has 1 fully saturated rings. The standard InChI is InChI=1S/C19H18N4/c1-2-4-17-16(11-21-19(22-17)13-5-6-13)15(3-1)14-7-8-18-20-9-10-23(18)12-14/h3,7-13H,1-2,4-6H2. The molecule has 23 heavy (non-hydrogen) atoms. The van der Waals surface area contributed by atoms with E-state index in [0.29, 0.717) is 5.92 Å². The van der Waals surface area contributed by atoms with Gasteiger partial charge >= 0.3 is 0 Å². The van der Waals surface area contributed by atoms with E-state index < -0.39 is 0 Å². The lowest BCUT2D eigenvalue weighted by molar-refractivity contribution is 0.797. The summed E-state index contributed by atoms with van der Waals surface area (Å²) in [4.78, 5) is 13.9. The number of pyridine rings is 1. The molecule has 0 amide bonds. The molecular formula is C19H18N4. The third-order valence-corrected chi connectivity index (χ3v) is 4.78. The van der Waals surface area contributed by atoms with E-state index in [0.717, 1.165) is 30.7 Å². The van der Waals surface area contributed by atoms with Gasteiger partial charge in [0.2, 0.25) is 0 Å². The highest BCUT2D eigenvalue weighted by Crippen LogP contribution is 2.39. The summed E-state index contributed by atoms with van der Waals surface area (Å²) in [6.45, 7) is 0. The molecule has 0 unspecified atom stereocenters. The van der Waals surface area contributed by atoms with Crippen LogP contribution in [0.1, 0.15) is 54.2 Å². The Hall–Kier alpha value is -2.49. The quantitative estimate of drug-likeness (QED) is 0.723. The lowest BCUT2D eigenvalue weighted by Gasteiger charge is -2.12. The Balaban J connectivity index is 1.63. The van der Waals surface area contributed by atoms with Gasteiger partial charge in [-0.3, -0.25) is 0 Å². The largest absolute Gasteiger partial charge is 0.306 e. The van der Waals surface area contributed by atoms with Gasteiger partial charge in [0.25, 0.3) is 0 Å². The van der Waals surface area contributed by atoms with Crippen LogP contribution in [0.4, 0.5) is 0 Å². The van der Waals surface area contributed by atoms with Gasteiger partial charge in [0.1, 0.15) is 11.5 Å². The molecule has 0 spiro atoms. The van der Waals surface area contributed by atoms with E-state index >= 15 is 0 Å². The zero-order valence-electron chi connectivity index (χ0n) is 12.9. The van der Waals surface area contributed by atoms with Crippen LogP contribution in [0.3, 0.4) is 0 Å². The molecule has 0 aromatic carbocycles. The van der Waals surface area contributed by atoms with Crippen LogP contribution in [0.25, 0.3) is 11.2 Å². The Labute approximate surface area is 134 Å². The van der Waals surface area contributed by atoms with Gasteiger partial charge in [-0.15, -0.1) is 0 Å². The Morgan fingerprint density at radius 3 is 3.00 bits per heavy atom. The molecule has 0 N–H and O–H groups in total. The van der Waals surface area contributed by atoms with Crippen molar-refractivity contribution in [2.75, 3.05) is 0 Å². The van der Waals surface area contributed by atoms with Gasteiger partial charge in [0, 0.05) is 36.3 Å². The molecule has 0 atom stereocenters. The van der Waals surface area contributed by atoms with Gasteiger partial charge in [0.05, 0.1) is 5.69 Å². The molecule has 5 rings (SSSR count). The van der Waals surface area contributed by atoms with Gasteiger partial charge in [-0.2, -0.15) is 0 Å². The van der Waals surface area contributed by atoms with Crippen molar-refractivity contribution in [3.8, 4) is 0 Å². The lowest BCUT2D eigenvalue weighted by Crippen LogP contribution is -2.03. The number of hydrogen-bond donors (Lipinski definition) is 0. The Kier molecular flexibility index (Phi) is 2.83. The molecule has 114 valence electrons. The van der Waals surface area contributed by atoms with E-state index in [4.69, 9.17) is 4.98 Å². The number of hydrogen-bond acceptors (Lipinski definition) is 3. The molecule has 1 saturated carbocycles. The maximum atomic E-state index is 4.89. The summed E-state index contributed by atoms with van der Waals surface area (Å²) in [5.41, 5.74) is 5.86. The van der Waals surface area contributed by atoms with Crippen LogP contribution in [-0.2, 0) is 6.42 Å². The summed E-state index contributed by atoms with van der Waals surface area (Å²) >= 11 is 0. The van der Waals surface area contributed by atoms with Crippen molar-refractivity contribution in [1.82, 2.24) is 19.4 Å². The minimum Gasteiger partial charge on any atom is -0.306 e. The molecule has 4 heteroatoms. The van der Waals surface area contributed by atoms with Crippen molar-refractivity contribution >= 4 is 11.2 Å². The van der Waals surface area contributed by atoms with Crippen molar-refractivity contribution in [3.63, 3.8) is 0 Å². The topological polar surface area (TPSA) is 43.1 Å². The molecule has 0 radical (unpaired) electrons.